The molecule has 1 atom stereocenters. The van der Waals surface area contributed by atoms with Gasteiger partial charge in [0.15, 0.2) is 0 Å². The molecular weight excluding hydrogens is 245 g/mol. The Kier molecular flexibility index (Phi) is 3.18. The summed E-state index contributed by atoms with van der Waals surface area (Å²) in [6, 6.07) is 5.19. The molecule has 1 saturated heterocycles. The molecule has 0 spiro atoms. The first kappa shape index (κ1) is 12.7. The van der Waals surface area contributed by atoms with Gasteiger partial charge in [-0.3, -0.25) is 0 Å². The van der Waals surface area contributed by atoms with E-state index in [4.69, 9.17) is 5.26 Å². The SMILES string of the molecule is N#Cc1ccc(N2CC[C@@H](O)C2)c(C(F)(F)F)c1. The number of β-amino-alcohol motifs (C(OH)–C–C–N with tert-alkyl or cyclic N) is 1. The number of benzene rings is 1. The van der Waals surface area contributed by atoms with Gasteiger partial charge in [-0.05, 0) is 24.6 Å². The predicted octanol–water partition coefficient (Wildman–Crippen LogP) is 2.15. The van der Waals surface area contributed by atoms with Crippen molar-refractivity contribution in [2.24, 2.45) is 0 Å². The molecule has 0 unspecified atom stereocenters. The highest BCUT2D eigenvalue weighted by Gasteiger charge is 2.36. The van der Waals surface area contributed by atoms with Gasteiger partial charge < -0.3 is 10.0 Å². The van der Waals surface area contributed by atoms with Crippen molar-refractivity contribution < 1.29 is 18.3 Å². The van der Waals surface area contributed by atoms with E-state index in [1.54, 1.807) is 6.07 Å². The van der Waals surface area contributed by atoms with Crippen molar-refractivity contribution in [3.8, 4) is 6.07 Å². The van der Waals surface area contributed by atoms with Crippen molar-refractivity contribution >= 4 is 5.69 Å². The van der Waals surface area contributed by atoms with Gasteiger partial charge in [-0.1, -0.05) is 0 Å². The summed E-state index contributed by atoms with van der Waals surface area (Å²) in [6.07, 6.45) is -4.64. The van der Waals surface area contributed by atoms with Crippen LogP contribution in [0, 0.1) is 11.3 Å². The van der Waals surface area contributed by atoms with Crippen molar-refractivity contribution in [1.82, 2.24) is 0 Å². The topological polar surface area (TPSA) is 47.3 Å². The fourth-order valence-electron chi connectivity index (χ4n) is 2.07. The van der Waals surface area contributed by atoms with E-state index in [1.165, 1.54) is 17.0 Å². The summed E-state index contributed by atoms with van der Waals surface area (Å²) in [5.41, 5.74) is -0.820. The van der Waals surface area contributed by atoms with Crippen LogP contribution < -0.4 is 4.90 Å². The molecule has 0 aliphatic carbocycles. The standard InChI is InChI=1S/C12H11F3N2O/c13-12(14,15)10-5-8(6-16)1-2-11(10)17-4-3-9(18)7-17/h1-2,5,9,18H,3-4,7H2/t9-/m1/s1. The van der Waals surface area contributed by atoms with Crippen LogP contribution in [0.3, 0.4) is 0 Å². The lowest BCUT2D eigenvalue weighted by Crippen LogP contribution is -2.24. The van der Waals surface area contributed by atoms with E-state index in [2.05, 4.69) is 0 Å². The summed E-state index contributed by atoms with van der Waals surface area (Å²) in [4.78, 5) is 1.49. The second-order valence-corrected chi connectivity index (χ2v) is 4.23. The third-order valence-electron chi connectivity index (χ3n) is 2.94. The van der Waals surface area contributed by atoms with Crippen LogP contribution in [0.5, 0.6) is 0 Å². The molecule has 1 aliphatic rings. The fraction of sp³-hybridized carbons (Fsp3) is 0.417. The van der Waals surface area contributed by atoms with Crippen LogP contribution >= 0.6 is 0 Å². The van der Waals surface area contributed by atoms with Gasteiger partial charge in [0, 0.05) is 18.8 Å². The highest BCUT2D eigenvalue weighted by Crippen LogP contribution is 2.38. The molecule has 0 bridgehead atoms. The summed E-state index contributed by atoms with van der Waals surface area (Å²) in [5, 5.41) is 18.0. The number of aliphatic hydroxyl groups excluding tert-OH is 1. The van der Waals surface area contributed by atoms with Crippen LogP contribution in [0.2, 0.25) is 0 Å². The summed E-state index contributed by atoms with van der Waals surface area (Å²) < 4.78 is 38.8. The van der Waals surface area contributed by atoms with Crippen LogP contribution in [0.25, 0.3) is 0 Å². The quantitative estimate of drug-likeness (QED) is 0.837. The first-order chi connectivity index (χ1) is 8.41. The molecule has 0 aromatic heterocycles. The van der Waals surface area contributed by atoms with Gasteiger partial charge in [-0.25, -0.2) is 0 Å². The maximum atomic E-state index is 12.9. The Labute approximate surface area is 102 Å². The number of alkyl halides is 3. The van der Waals surface area contributed by atoms with Gasteiger partial charge in [0.05, 0.1) is 23.3 Å². The van der Waals surface area contributed by atoms with Crippen LogP contribution in [-0.2, 0) is 6.18 Å². The molecule has 2 rings (SSSR count). The van der Waals surface area contributed by atoms with E-state index < -0.39 is 17.8 Å². The molecule has 0 saturated carbocycles. The largest absolute Gasteiger partial charge is 0.418 e. The zero-order valence-corrected chi connectivity index (χ0v) is 9.41. The maximum absolute atomic E-state index is 12.9. The summed E-state index contributed by atoms with van der Waals surface area (Å²) in [6.45, 7) is 0.575. The second kappa shape index (κ2) is 4.50. The summed E-state index contributed by atoms with van der Waals surface area (Å²) in [7, 11) is 0. The Morgan fingerprint density at radius 3 is 2.61 bits per heavy atom. The smallest absolute Gasteiger partial charge is 0.391 e. The molecule has 1 fully saturated rings. The lowest BCUT2D eigenvalue weighted by Gasteiger charge is -2.22. The summed E-state index contributed by atoms with van der Waals surface area (Å²) in [5.74, 6) is 0. The molecule has 18 heavy (non-hydrogen) atoms. The van der Waals surface area contributed by atoms with E-state index in [9.17, 15) is 18.3 Å². The highest BCUT2D eigenvalue weighted by atomic mass is 19.4. The molecule has 96 valence electrons. The molecule has 3 nitrogen and oxygen atoms in total. The lowest BCUT2D eigenvalue weighted by atomic mass is 10.1. The molecule has 0 radical (unpaired) electrons. The second-order valence-electron chi connectivity index (χ2n) is 4.23. The number of anilines is 1. The Bertz CT molecular complexity index is 493. The zero-order valence-electron chi connectivity index (χ0n) is 9.41. The first-order valence-corrected chi connectivity index (χ1v) is 5.46. The molecule has 0 amide bonds. The van der Waals surface area contributed by atoms with Crippen LogP contribution in [0.15, 0.2) is 18.2 Å². The fourth-order valence-corrected chi connectivity index (χ4v) is 2.07. The third-order valence-corrected chi connectivity index (χ3v) is 2.94. The highest BCUT2D eigenvalue weighted by molar-refractivity contribution is 5.58. The number of rotatable bonds is 1. The Hall–Kier alpha value is -1.74. The van der Waals surface area contributed by atoms with Crippen LogP contribution in [0.1, 0.15) is 17.5 Å². The first-order valence-electron chi connectivity index (χ1n) is 5.46. The Morgan fingerprint density at radius 2 is 2.11 bits per heavy atom. The van der Waals surface area contributed by atoms with Crippen molar-refractivity contribution in [1.29, 1.82) is 5.26 Å². The summed E-state index contributed by atoms with van der Waals surface area (Å²) >= 11 is 0. The van der Waals surface area contributed by atoms with Gasteiger partial charge in [-0.2, -0.15) is 18.4 Å². The predicted molar refractivity (Wildman–Crippen MR) is 59.0 cm³/mol. The Morgan fingerprint density at radius 1 is 1.39 bits per heavy atom. The van der Waals surface area contributed by atoms with Crippen molar-refractivity contribution in [2.75, 3.05) is 18.0 Å². The molecule has 1 aromatic carbocycles. The monoisotopic (exact) mass is 256 g/mol. The van der Waals surface area contributed by atoms with E-state index >= 15 is 0 Å². The molecule has 1 aliphatic heterocycles. The number of aliphatic hydroxyl groups is 1. The minimum atomic E-state index is -4.50. The van der Waals surface area contributed by atoms with Crippen molar-refractivity contribution in [3.63, 3.8) is 0 Å². The molecule has 1 aromatic rings. The van der Waals surface area contributed by atoms with E-state index in [1.807, 2.05) is 0 Å². The van der Waals surface area contributed by atoms with Gasteiger partial charge in [0.1, 0.15) is 0 Å². The normalized spacial score (nSPS) is 19.9. The number of nitrogens with zero attached hydrogens (tertiary/aromatic N) is 2. The minimum Gasteiger partial charge on any atom is -0.391 e. The molecule has 6 heteroatoms. The van der Waals surface area contributed by atoms with Gasteiger partial charge in [0.25, 0.3) is 0 Å². The van der Waals surface area contributed by atoms with Gasteiger partial charge >= 0.3 is 6.18 Å². The Balaban J connectivity index is 2.44. The van der Waals surface area contributed by atoms with E-state index in [0.29, 0.717) is 13.0 Å². The van der Waals surface area contributed by atoms with Crippen LogP contribution in [0.4, 0.5) is 18.9 Å². The maximum Gasteiger partial charge on any atom is 0.418 e. The number of nitriles is 1. The molecular formula is C12H11F3N2O. The molecule has 1 heterocycles. The lowest BCUT2D eigenvalue weighted by molar-refractivity contribution is -0.137. The van der Waals surface area contributed by atoms with Gasteiger partial charge in [-0.15, -0.1) is 0 Å². The zero-order chi connectivity index (χ0) is 13.3. The number of hydrogen-bond acceptors (Lipinski definition) is 3. The van der Waals surface area contributed by atoms with Crippen LogP contribution in [-0.4, -0.2) is 24.3 Å². The van der Waals surface area contributed by atoms with Gasteiger partial charge in [0.2, 0.25) is 0 Å². The third kappa shape index (κ3) is 2.41. The van der Waals surface area contributed by atoms with Crippen molar-refractivity contribution in [3.05, 3.63) is 29.3 Å². The van der Waals surface area contributed by atoms with Crippen molar-refractivity contribution in [2.45, 2.75) is 18.7 Å². The average molecular weight is 256 g/mol. The number of halogens is 3. The van der Waals surface area contributed by atoms with E-state index in [0.717, 1.165) is 6.07 Å². The molecule has 1 N–H and O–H groups in total. The number of hydrogen-bond donors (Lipinski definition) is 1. The van der Waals surface area contributed by atoms with E-state index in [-0.39, 0.29) is 17.8 Å². The average Bonchev–Trinajstić information content (AvgIpc) is 2.74. The minimum absolute atomic E-state index is 0.0224.